The smallest absolute Gasteiger partial charge is 0.0367 e. The van der Waals surface area contributed by atoms with Gasteiger partial charge in [0.05, 0.1) is 0 Å². The monoisotopic (exact) mass is 266 g/mol. The van der Waals surface area contributed by atoms with Gasteiger partial charge in [0.25, 0.3) is 0 Å². The first-order valence-corrected chi connectivity index (χ1v) is 7.39. The van der Waals surface area contributed by atoms with Gasteiger partial charge >= 0.3 is 0 Å². The second-order valence-corrected chi connectivity index (χ2v) is 5.59. The first-order chi connectivity index (χ1) is 9.81. The largest absolute Gasteiger partial charge is 0.369 e. The molecule has 2 aromatic carbocycles. The van der Waals surface area contributed by atoms with E-state index >= 15 is 0 Å². The first kappa shape index (κ1) is 13.2. The van der Waals surface area contributed by atoms with Gasteiger partial charge in [-0.2, -0.15) is 0 Å². The van der Waals surface area contributed by atoms with E-state index in [1.165, 1.54) is 16.8 Å². The summed E-state index contributed by atoms with van der Waals surface area (Å²) in [5.74, 6) is 0. The van der Waals surface area contributed by atoms with Gasteiger partial charge in [0.2, 0.25) is 0 Å². The summed E-state index contributed by atoms with van der Waals surface area (Å²) in [6, 6.07) is 19.6. The second-order valence-electron chi connectivity index (χ2n) is 5.59. The highest BCUT2D eigenvalue weighted by Gasteiger charge is 2.16. The Balaban J connectivity index is 1.56. The van der Waals surface area contributed by atoms with Gasteiger partial charge in [-0.05, 0) is 24.6 Å². The molecule has 0 radical (unpaired) electrons. The number of piperazine rings is 1. The molecule has 0 atom stereocenters. The van der Waals surface area contributed by atoms with E-state index in [-0.39, 0.29) is 0 Å². The Morgan fingerprint density at radius 1 is 0.850 bits per heavy atom. The van der Waals surface area contributed by atoms with E-state index in [1.54, 1.807) is 0 Å². The molecule has 0 aliphatic carbocycles. The first-order valence-electron chi connectivity index (χ1n) is 7.39. The van der Waals surface area contributed by atoms with Crippen molar-refractivity contribution in [2.75, 3.05) is 31.1 Å². The fourth-order valence-corrected chi connectivity index (χ4v) is 2.87. The van der Waals surface area contributed by atoms with E-state index in [1.807, 2.05) is 0 Å². The Morgan fingerprint density at radius 3 is 2.30 bits per heavy atom. The summed E-state index contributed by atoms with van der Waals surface area (Å²) in [7, 11) is 0. The third-order valence-electron chi connectivity index (χ3n) is 3.98. The van der Waals surface area contributed by atoms with Crippen molar-refractivity contribution in [1.29, 1.82) is 0 Å². The molecule has 20 heavy (non-hydrogen) atoms. The maximum absolute atomic E-state index is 2.55. The molecule has 0 N–H and O–H groups in total. The summed E-state index contributed by atoms with van der Waals surface area (Å²) in [6.45, 7) is 7.76. The molecule has 1 aliphatic heterocycles. The summed E-state index contributed by atoms with van der Waals surface area (Å²) in [6.07, 6.45) is 0. The summed E-state index contributed by atoms with van der Waals surface area (Å²) >= 11 is 0. The minimum Gasteiger partial charge on any atom is -0.369 e. The molecule has 2 nitrogen and oxygen atoms in total. The summed E-state index contributed by atoms with van der Waals surface area (Å²) in [4.78, 5) is 5.03. The number of hydrogen-bond acceptors (Lipinski definition) is 2. The van der Waals surface area contributed by atoms with Crippen LogP contribution in [-0.4, -0.2) is 31.1 Å². The lowest BCUT2D eigenvalue weighted by atomic mass is 10.1. The van der Waals surface area contributed by atoms with Crippen LogP contribution in [0.3, 0.4) is 0 Å². The van der Waals surface area contributed by atoms with Gasteiger partial charge in [-0.15, -0.1) is 0 Å². The Labute approximate surface area is 121 Å². The van der Waals surface area contributed by atoms with Gasteiger partial charge in [-0.25, -0.2) is 0 Å². The van der Waals surface area contributed by atoms with Crippen LogP contribution in [0.4, 0.5) is 5.69 Å². The normalized spacial score (nSPS) is 16.4. The van der Waals surface area contributed by atoms with E-state index in [0.29, 0.717) is 0 Å². The molecule has 2 aromatic rings. The highest BCUT2D eigenvalue weighted by atomic mass is 15.3. The third-order valence-corrected chi connectivity index (χ3v) is 3.98. The van der Waals surface area contributed by atoms with Crippen molar-refractivity contribution in [1.82, 2.24) is 4.90 Å². The minimum absolute atomic E-state index is 1.07. The predicted molar refractivity (Wildman–Crippen MR) is 85.1 cm³/mol. The van der Waals surface area contributed by atoms with Crippen LogP contribution < -0.4 is 4.90 Å². The van der Waals surface area contributed by atoms with Gasteiger partial charge in [0, 0.05) is 38.4 Å². The van der Waals surface area contributed by atoms with Crippen LogP contribution in [0.5, 0.6) is 0 Å². The zero-order chi connectivity index (χ0) is 13.8. The molecular formula is C18H22N2. The van der Waals surface area contributed by atoms with Gasteiger partial charge in [0.1, 0.15) is 0 Å². The molecule has 104 valence electrons. The van der Waals surface area contributed by atoms with Crippen LogP contribution in [0.15, 0.2) is 54.6 Å². The predicted octanol–water partition coefficient (Wildman–Crippen LogP) is 3.32. The standard InChI is InChI=1S/C18H22N2/c1-16-6-5-7-17(14-16)15-19-10-12-20(13-11-19)18-8-3-2-4-9-18/h2-9,14H,10-13,15H2,1H3. The van der Waals surface area contributed by atoms with E-state index in [4.69, 9.17) is 0 Å². The molecule has 1 saturated heterocycles. The Kier molecular flexibility index (Phi) is 4.03. The van der Waals surface area contributed by atoms with Gasteiger partial charge in [-0.3, -0.25) is 4.90 Å². The number of benzene rings is 2. The summed E-state index contributed by atoms with van der Waals surface area (Å²) in [5, 5.41) is 0. The Bertz CT molecular complexity index is 542. The number of para-hydroxylation sites is 1. The summed E-state index contributed by atoms with van der Waals surface area (Å²) in [5.41, 5.74) is 4.13. The molecule has 0 aromatic heterocycles. The van der Waals surface area contributed by atoms with Crippen LogP contribution in [-0.2, 0) is 6.54 Å². The molecule has 2 heteroatoms. The third kappa shape index (κ3) is 3.20. The number of aryl methyl sites for hydroxylation is 1. The van der Waals surface area contributed by atoms with E-state index in [9.17, 15) is 0 Å². The van der Waals surface area contributed by atoms with Crippen LogP contribution in [0.2, 0.25) is 0 Å². The summed E-state index contributed by atoms with van der Waals surface area (Å²) < 4.78 is 0. The van der Waals surface area contributed by atoms with Crippen molar-refractivity contribution in [3.05, 3.63) is 65.7 Å². The molecule has 3 rings (SSSR count). The fourth-order valence-electron chi connectivity index (χ4n) is 2.87. The number of anilines is 1. The van der Waals surface area contributed by atoms with E-state index < -0.39 is 0 Å². The van der Waals surface area contributed by atoms with E-state index in [0.717, 1.165) is 32.7 Å². The Hall–Kier alpha value is -1.80. The topological polar surface area (TPSA) is 6.48 Å². The molecule has 1 fully saturated rings. The average molecular weight is 266 g/mol. The molecular weight excluding hydrogens is 244 g/mol. The van der Waals surface area contributed by atoms with Crippen LogP contribution >= 0.6 is 0 Å². The quantitative estimate of drug-likeness (QED) is 0.841. The van der Waals surface area contributed by atoms with Crippen molar-refractivity contribution < 1.29 is 0 Å². The zero-order valence-electron chi connectivity index (χ0n) is 12.1. The molecule has 0 unspecified atom stereocenters. The maximum Gasteiger partial charge on any atom is 0.0367 e. The van der Waals surface area contributed by atoms with Crippen molar-refractivity contribution >= 4 is 5.69 Å². The SMILES string of the molecule is Cc1cccc(CN2CCN(c3ccccc3)CC2)c1. The number of rotatable bonds is 3. The van der Waals surface area contributed by atoms with Crippen molar-refractivity contribution in [2.24, 2.45) is 0 Å². The second kappa shape index (κ2) is 6.10. The van der Waals surface area contributed by atoms with Gasteiger partial charge in [-0.1, -0.05) is 48.0 Å². The zero-order valence-corrected chi connectivity index (χ0v) is 12.1. The van der Waals surface area contributed by atoms with Crippen molar-refractivity contribution in [3.8, 4) is 0 Å². The van der Waals surface area contributed by atoms with Crippen molar-refractivity contribution in [2.45, 2.75) is 13.5 Å². The van der Waals surface area contributed by atoms with Crippen LogP contribution in [0.1, 0.15) is 11.1 Å². The maximum atomic E-state index is 2.55. The van der Waals surface area contributed by atoms with Crippen LogP contribution in [0, 0.1) is 6.92 Å². The molecule has 0 saturated carbocycles. The minimum atomic E-state index is 1.07. The van der Waals surface area contributed by atoms with E-state index in [2.05, 4.69) is 71.3 Å². The number of hydrogen-bond donors (Lipinski definition) is 0. The Morgan fingerprint density at radius 2 is 1.60 bits per heavy atom. The molecule has 1 heterocycles. The van der Waals surface area contributed by atoms with Gasteiger partial charge < -0.3 is 4.90 Å². The lowest BCUT2D eigenvalue weighted by Gasteiger charge is -2.36. The highest BCUT2D eigenvalue weighted by Crippen LogP contribution is 2.17. The van der Waals surface area contributed by atoms with Gasteiger partial charge in [0.15, 0.2) is 0 Å². The molecule has 1 aliphatic rings. The van der Waals surface area contributed by atoms with Crippen molar-refractivity contribution in [3.63, 3.8) is 0 Å². The lowest BCUT2D eigenvalue weighted by molar-refractivity contribution is 0.250. The molecule has 0 amide bonds. The lowest BCUT2D eigenvalue weighted by Crippen LogP contribution is -2.45. The highest BCUT2D eigenvalue weighted by molar-refractivity contribution is 5.46. The number of nitrogens with zero attached hydrogens (tertiary/aromatic N) is 2. The fraction of sp³-hybridized carbons (Fsp3) is 0.333. The molecule has 0 spiro atoms. The van der Waals surface area contributed by atoms with Crippen LogP contribution in [0.25, 0.3) is 0 Å². The molecule has 0 bridgehead atoms. The average Bonchev–Trinajstić information content (AvgIpc) is 2.49.